The normalized spacial score (nSPS) is 12.2. The Bertz CT molecular complexity index is 504. The Balaban J connectivity index is 2.93. The molecule has 66 valence electrons. The van der Waals surface area contributed by atoms with Crippen molar-refractivity contribution in [3.8, 4) is 0 Å². The molecule has 0 saturated carbocycles. The summed E-state index contributed by atoms with van der Waals surface area (Å²) >= 11 is 1.37. The molecule has 0 aliphatic heterocycles. The molecule has 1 heterocycles. The molecule has 0 atom stereocenters. The van der Waals surface area contributed by atoms with Crippen molar-refractivity contribution in [1.29, 1.82) is 0 Å². The third-order valence-electron chi connectivity index (χ3n) is 1.83. The molecule has 0 radical (unpaired) electrons. The van der Waals surface area contributed by atoms with Gasteiger partial charge in [-0.3, -0.25) is 0 Å². The zero-order valence-corrected chi connectivity index (χ0v) is 7.88. The van der Waals surface area contributed by atoms with Crippen LogP contribution >= 0.6 is 11.3 Å². The molecule has 1 N–H and O–H groups in total. The molecule has 0 unspecified atom stereocenters. The maximum atomic E-state index is 8.59. The molecule has 4 heteroatoms. The number of rotatable bonds is 0. The average Bonchev–Trinajstić information content (AvgIpc) is 2.18. The van der Waals surface area contributed by atoms with E-state index in [0.29, 0.717) is 4.80 Å². The number of aryl methyl sites for hydroxylation is 1. The molecule has 13 heavy (non-hydrogen) atoms. The first-order chi connectivity index (χ1) is 6.31. The van der Waals surface area contributed by atoms with Gasteiger partial charge in [0.2, 0.25) is 4.80 Å². The minimum absolute atomic E-state index is 0.399. The van der Waals surface area contributed by atoms with E-state index in [2.05, 4.69) is 10.1 Å². The number of hydrogen-bond acceptors (Lipinski definition) is 4. The van der Waals surface area contributed by atoms with Gasteiger partial charge < -0.3 is 5.21 Å². The lowest BCUT2D eigenvalue weighted by atomic mass is 10.2. The summed E-state index contributed by atoms with van der Waals surface area (Å²) < 4.78 is 1.09. The van der Waals surface area contributed by atoms with Crippen LogP contribution in [0.5, 0.6) is 0 Å². The van der Waals surface area contributed by atoms with Crippen molar-refractivity contribution in [3.05, 3.63) is 34.8 Å². The summed E-state index contributed by atoms with van der Waals surface area (Å²) in [4.78, 5) is 4.52. The summed E-state index contributed by atoms with van der Waals surface area (Å²) in [5.41, 5.74) is 0.891. The average molecular weight is 192 g/mol. The van der Waals surface area contributed by atoms with Crippen molar-refractivity contribution in [1.82, 2.24) is 4.98 Å². The molecule has 0 aliphatic carbocycles. The van der Waals surface area contributed by atoms with Crippen LogP contribution in [0, 0.1) is 6.92 Å². The van der Waals surface area contributed by atoms with Crippen LogP contribution in [0.1, 0.15) is 5.69 Å². The lowest BCUT2D eigenvalue weighted by Gasteiger charge is -1.97. The van der Waals surface area contributed by atoms with Crippen LogP contribution in [0.25, 0.3) is 10.1 Å². The van der Waals surface area contributed by atoms with Crippen molar-refractivity contribution < 1.29 is 5.21 Å². The van der Waals surface area contributed by atoms with Gasteiger partial charge in [0.05, 0.1) is 0 Å². The molecule has 1 aromatic carbocycles. The number of fused-ring (bicyclic) bond motifs is 1. The molecule has 2 aromatic rings. The largest absolute Gasteiger partial charge is 0.408 e. The molecule has 0 amide bonds. The van der Waals surface area contributed by atoms with Crippen LogP contribution in [0.2, 0.25) is 0 Å². The first-order valence-electron chi connectivity index (χ1n) is 3.86. The fourth-order valence-electron chi connectivity index (χ4n) is 1.22. The molecule has 0 fully saturated rings. The van der Waals surface area contributed by atoms with Gasteiger partial charge >= 0.3 is 0 Å². The second-order valence-electron chi connectivity index (χ2n) is 2.68. The van der Waals surface area contributed by atoms with E-state index in [1.54, 1.807) is 0 Å². The maximum Gasteiger partial charge on any atom is 0.247 e. The van der Waals surface area contributed by atoms with Crippen LogP contribution in [-0.4, -0.2) is 10.2 Å². The lowest BCUT2D eigenvalue weighted by Crippen LogP contribution is -2.04. The fourth-order valence-corrected chi connectivity index (χ4v) is 2.11. The van der Waals surface area contributed by atoms with E-state index in [-0.39, 0.29) is 0 Å². The molecular formula is C9H8N2OS. The SMILES string of the molecule is Cc1nc(=NO)sc2ccccc12. The van der Waals surface area contributed by atoms with Gasteiger partial charge in [0.25, 0.3) is 0 Å². The summed E-state index contributed by atoms with van der Waals surface area (Å²) in [5, 5.41) is 12.8. The quantitative estimate of drug-likeness (QED) is 0.511. The molecule has 3 nitrogen and oxygen atoms in total. The summed E-state index contributed by atoms with van der Waals surface area (Å²) in [7, 11) is 0. The molecule has 0 saturated heterocycles. The van der Waals surface area contributed by atoms with Crippen LogP contribution in [0.15, 0.2) is 29.4 Å². The summed E-state index contributed by atoms with van der Waals surface area (Å²) in [5.74, 6) is 0. The highest BCUT2D eigenvalue weighted by Crippen LogP contribution is 2.16. The van der Waals surface area contributed by atoms with E-state index in [0.717, 1.165) is 15.8 Å². The second kappa shape index (κ2) is 3.14. The van der Waals surface area contributed by atoms with E-state index in [1.165, 1.54) is 11.3 Å². The first kappa shape index (κ1) is 8.19. The monoisotopic (exact) mass is 192 g/mol. The minimum Gasteiger partial charge on any atom is -0.408 e. The molecular weight excluding hydrogens is 184 g/mol. The third kappa shape index (κ3) is 1.40. The van der Waals surface area contributed by atoms with Crippen molar-refractivity contribution in [2.24, 2.45) is 5.16 Å². The predicted octanol–water partition coefficient (Wildman–Crippen LogP) is 1.89. The van der Waals surface area contributed by atoms with Crippen molar-refractivity contribution in [2.45, 2.75) is 6.92 Å². The standard InChI is InChI=1S/C9H8N2OS/c1-6-7-4-2-3-5-8(7)13-9(10-6)11-12/h2-5,12H,1H3. The summed E-state index contributed by atoms with van der Waals surface area (Å²) in [6.45, 7) is 1.91. The smallest absolute Gasteiger partial charge is 0.247 e. The minimum atomic E-state index is 0.399. The van der Waals surface area contributed by atoms with Crippen LogP contribution in [0.3, 0.4) is 0 Å². The van der Waals surface area contributed by atoms with Gasteiger partial charge in [-0.05, 0) is 13.0 Å². The van der Waals surface area contributed by atoms with Gasteiger partial charge in [0.1, 0.15) is 0 Å². The van der Waals surface area contributed by atoms with Crippen LogP contribution < -0.4 is 4.80 Å². The maximum absolute atomic E-state index is 8.59. The third-order valence-corrected chi connectivity index (χ3v) is 2.76. The van der Waals surface area contributed by atoms with Gasteiger partial charge in [-0.15, -0.1) is 0 Å². The van der Waals surface area contributed by atoms with Gasteiger partial charge in [-0.2, -0.15) is 0 Å². The van der Waals surface area contributed by atoms with E-state index in [4.69, 9.17) is 5.21 Å². The highest BCUT2D eigenvalue weighted by atomic mass is 32.1. The van der Waals surface area contributed by atoms with Crippen molar-refractivity contribution in [2.75, 3.05) is 0 Å². The lowest BCUT2D eigenvalue weighted by molar-refractivity contribution is 0.301. The van der Waals surface area contributed by atoms with Gasteiger partial charge in [-0.1, -0.05) is 34.7 Å². The Labute approximate surface area is 79.0 Å². The zero-order valence-electron chi connectivity index (χ0n) is 7.06. The van der Waals surface area contributed by atoms with E-state index >= 15 is 0 Å². The zero-order chi connectivity index (χ0) is 9.26. The fraction of sp³-hybridized carbons (Fsp3) is 0.111. The highest BCUT2D eigenvalue weighted by Gasteiger charge is 1.98. The van der Waals surface area contributed by atoms with Crippen LogP contribution in [-0.2, 0) is 0 Å². The Morgan fingerprint density at radius 3 is 2.92 bits per heavy atom. The number of benzene rings is 1. The van der Waals surface area contributed by atoms with Gasteiger partial charge in [0, 0.05) is 15.8 Å². The van der Waals surface area contributed by atoms with Gasteiger partial charge in [0.15, 0.2) is 0 Å². The van der Waals surface area contributed by atoms with Crippen LogP contribution in [0.4, 0.5) is 0 Å². The topological polar surface area (TPSA) is 45.5 Å². The molecule has 2 rings (SSSR count). The Morgan fingerprint density at radius 2 is 2.15 bits per heavy atom. The highest BCUT2D eigenvalue weighted by molar-refractivity contribution is 7.15. The summed E-state index contributed by atoms with van der Waals surface area (Å²) in [6, 6.07) is 7.93. The summed E-state index contributed by atoms with van der Waals surface area (Å²) in [6.07, 6.45) is 0. The second-order valence-corrected chi connectivity index (χ2v) is 3.69. The number of nitrogens with zero attached hydrogens (tertiary/aromatic N) is 2. The Kier molecular flexibility index (Phi) is 1.98. The molecule has 0 spiro atoms. The van der Waals surface area contributed by atoms with Gasteiger partial charge in [-0.25, -0.2) is 4.98 Å². The predicted molar refractivity (Wildman–Crippen MR) is 51.7 cm³/mol. The Morgan fingerprint density at radius 1 is 1.38 bits per heavy atom. The molecule has 0 aliphatic rings. The van der Waals surface area contributed by atoms with E-state index in [9.17, 15) is 0 Å². The van der Waals surface area contributed by atoms with Crippen molar-refractivity contribution in [3.63, 3.8) is 0 Å². The first-order valence-corrected chi connectivity index (χ1v) is 4.67. The number of hydrogen-bond donors (Lipinski definition) is 1. The van der Waals surface area contributed by atoms with E-state index < -0.39 is 0 Å². The molecule has 0 bridgehead atoms. The Hall–Kier alpha value is -1.42. The number of aromatic nitrogens is 1. The van der Waals surface area contributed by atoms with Crippen molar-refractivity contribution >= 4 is 21.4 Å². The molecule has 1 aromatic heterocycles. The van der Waals surface area contributed by atoms with E-state index in [1.807, 2.05) is 31.2 Å².